The van der Waals surface area contributed by atoms with Crippen molar-refractivity contribution >= 4 is 16.9 Å². The summed E-state index contributed by atoms with van der Waals surface area (Å²) in [4.78, 5) is 37.1. The Bertz CT molecular complexity index is 994. The Kier molecular flexibility index (Phi) is 3.97. The first kappa shape index (κ1) is 15.4. The van der Waals surface area contributed by atoms with Crippen molar-refractivity contribution in [1.82, 2.24) is 24.8 Å². The molecule has 0 aliphatic heterocycles. The van der Waals surface area contributed by atoms with Gasteiger partial charge in [0.05, 0.1) is 29.3 Å². The van der Waals surface area contributed by atoms with Gasteiger partial charge in [0, 0.05) is 25.1 Å². The van der Waals surface area contributed by atoms with E-state index in [4.69, 9.17) is 0 Å². The van der Waals surface area contributed by atoms with Gasteiger partial charge in [-0.05, 0) is 25.0 Å². The van der Waals surface area contributed by atoms with E-state index >= 15 is 0 Å². The molecule has 0 saturated heterocycles. The van der Waals surface area contributed by atoms with Crippen LogP contribution in [0, 0.1) is 0 Å². The van der Waals surface area contributed by atoms with E-state index in [1.165, 1.54) is 10.8 Å². The van der Waals surface area contributed by atoms with Crippen molar-refractivity contribution in [2.75, 3.05) is 6.54 Å². The molecule has 25 heavy (non-hydrogen) atoms. The molecule has 0 bridgehead atoms. The van der Waals surface area contributed by atoms with Crippen LogP contribution < -0.4 is 10.9 Å². The third-order valence-corrected chi connectivity index (χ3v) is 4.22. The Balaban J connectivity index is 1.39. The van der Waals surface area contributed by atoms with E-state index in [0.717, 1.165) is 24.1 Å². The van der Waals surface area contributed by atoms with Gasteiger partial charge in [-0.1, -0.05) is 12.1 Å². The number of amides is 1. The third kappa shape index (κ3) is 3.40. The molecule has 0 atom stereocenters. The van der Waals surface area contributed by atoms with Crippen molar-refractivity contribution in [2.24, 2.45) is 0 Å². The van der Waals surface area contributed by atoms with Gasteiger partial charge >= 0.3 is 0 Å². The van der Waals surface area contributed by atoms with Gasteiger partial charge in [0.15, 0.2) is 0 Å². The second-order valence-corrected chi connectivity index (χ2v) is 6.12. The number of nitrogens with one attached hydrogen (secondary N) is 1. The summed E-state index contributed by atoms with van der Waals surface area (Å²) in [6.45, 7) is 0.682. The van der Waals surface area contributed by atoms with Crippen molar-refractivity contribution < 1.29 is 4.79 Å². The van der Waals surface area contributed by atoms with Crippen LogP contribution in [0.1, 0.15) is 34.9 Å². The number of carbonyl (C=O) groups excluding carboxylic acids is 1. The van der Waals surface area contributed by atoms with Crippen LogP contribution in [0.15, 0.2) is 47.7 Å². The average Bonchev–Trinajstić information content (AvgIpc) is 3.47. The van der Waals surface area contributed by atoms with Gasteiger partial charge in [-0.2, -0.15) is 0 Å². The molecule has 2 heterocycles. The number of hydrogen-bond donors (Lipinski definition) is 1. The minimum atomic E-state index is -0.311. The minimum Gasteiger partial charge on any atom is -0.349 e. The molecule has 1 N–H and O–H groups in total. The van der Waals surface area contributed by atoms with Crippen LogP contribution in [0.3, 0.4) is 0 Å². The molecule has 7 heteroatoms. The fourth-order valence-electron chi connectivity index (χ4n) is 2.66. The summed E-state index contributed by atoms with van der Waals surface area (Å²) in [5.41, 5.74) is 2.46. The Morgan fingerprint density at radius 2 is 2.00 bits per heavy atom. The van der Waals surface area contributed by atoms with Gasteiger partial charge in [-0.3, -0.25) is 19.1 Å². The van der Waals surface area contributed by atoms with Crippen LogP contribution in [0.2, 0.25) is 0 Å². The molecule has 0 spiro atoms. The van der Waals surface area contributed by atoms with Crippen molar-refractivity contribution in [3.05, 3.63) is 64.6 Å². The number of para-hydroxylation sites is 2. The first-order valence-electron chi connectivity index (χ1n) is 8.27. The lowest BCUT2D eigenvalue weighted by atomic mass is 10.3. The van der Waals surface area contributed by atoms with Gasteiger partial charge in [0.2, 0.25) is 0 Å². The molecule has 1 amide bonds. The van der Waals surface area contributed by atoms with Crippen LogP contribution in [-0.4, -0.2) is 32.0 Å². The lowest BCUT2D eigenvalue weighted by Gasteiger charge is -2.08. The Morgan fingerprint density at radius 3 is 2.76 bits per heavy atom. The molecule has 126 valence electrons. The molecule has 1 aromatic carbocycles. The van der Waals surface area contributed by atoms with Crippen molar-refractivity contribution in [2.45, 2.75) is 25.3 Å². The molecule has 7 nitrogen and oxygen atoms in total. The zero-order valence-electron chi connectivity index (χ0n) is 13.6. The van der Waals surface area contributed by atoms with E-state index < -0.39 is 0 Å². The van der Waals surface area contributed by atoms with Crippen LogP contribution in [0.4, 0.5) is 0 Å². The lowest BCUT2D eigenvalue weighted by Crippen LogP contribution is -2.31. The average molecular weight is 335 g/mol. The smallest absolute Gasteiger partial charge is 0.271 e. The first-order valence-corrected chi connectivity index (χ1v) is 8.27. The highest BCUT2D eigenvalue weighted by Crippen LogP contribution is 2.38. The molecule has 0 radical (unpaired) electrons. The number of carbonyl (C=O) groups is 1. The second-order valence-electron chi connectivity index (χ2n) is 6.12. The standard InChI is InChI=1S/C18H17N5O2/c24-17-9-15(12-5-6-12)21-11-23(17)8-7-19-18(25)16-10-20-13-3-1-2-4-14(13)22-16/h1-4,9-12H,5-8H2,(H,19,25). The van der Waals surface area contributed by atoms with Crippen LogP contribution in [0.25, 0.3) is 11.0 Å². The van der Waals surface area contributed by atoms with E-state index in [1.807, 2.05) is 24.3 Å². The molecule has 4 rings (SSSR count). The quantitative estimate of drug-likeness (QED) is 0.763. The number of hydrogen-bond acceptors (Lipinski definition) is 5. The van der Waals surface area contributed by atoms with E-state index in [1.54, 1.807) is 12.4 Å². The second kappa shape index (κ2) is 6.43. The number of benzene rings is 1. The molecule has 1 aliphatic carbocycles. The Hall–Kier alpha value is -3.09. The Morgan fingerprint density at radius 1 is 1.20 bits per heavy atom. The van der Waals surface area contributed by atoms with Crippen molar-refractivity contribution in [3.63, 3.8) is 0 Å². The number of fused-ring (bicyclic) bond motifs is 1. The third-order valence-electron chi connectivity index (χ3n) is 4.22. The predicted octanol–water partition coefficient (Wildman–Crippen LogP) is 1.49. The topological polar surface area (TPSA) is 89.8 Å². The summed E-state index contributed by atoms with van der Waals surface area (Å²) in [7, 11) is 0. The van der Waals surface area contributed by atoms with Gasteiger partial charge in [0.1, 0.15) is 5.69 Å². The van der Waals surface area contributed by atoms with Crippen molar-refractivity contribution in [3.8, 4) is 0 Å². The lowest BCUT2D eigenvalue weighted by molar-refractivity contribution is 0.0947. The van der Waals surface area contributed by atoms with E-state index in [2.05, 4.69) is 20.3 Å². The predicted molar refractivity (Wildman–Crippen MR) is 92.3 cm³/mol. The number of aromatic nitrogens is 4. The molecule has 1 saturated carbocycles. The van der Waals surface area contributed by atoms with Crippen LogP contribution in [0.5, 0.6) is 0 Å². The highest BCUT2D eigenvalue weighted by molar-refractivity contribution is 5.93. The summed E-state index contributed by atoms with van der Waals surface area (Å²) in [6.07, 6.45) is 5.23. The highest BCUT2D eigenvalue weighted by atomic mass is 16.2. The van der Waals surface area contributed by atoms with Crippen LogP contribution in [-0.2, 0) is 6.54 Å². The SMILES string of the molecule is O=C(NCCn1cnc(C2CC2)cc1=O)c1cnc2ccccc2n1. The molecule has 0 unspecified atom stereocenters. The summed E-state index contributed by atoms with van der Waals surface area (Å²) in [5, 5.41) is 2.76. The molecule has 3 aromatic rings. The summed E-state index contributed by atoms with van der Waals surface area (Å²) >= 11 is 0. The zero-order valence-corrected chi connectivity index (χ0v) is 13.6. The summed E-state index contributed by atoms with van der Waals surface area (Å²) < 4.78 is 1.50. The Labute approximate surface area is 143 Å². The van der Waals surface area contributed by atoms with Gasteiger partial charge in [-0.15, -0.1) is 0 Å². The number of nitrogens with zero attached hydrogens (tertiary/aromatic N) is 4. The molecule has 1 aliphatic rings. The van der Waals surface area contributed by atoms with Gasteiger partial charge in [-0.25, -0.2) is 9.97 Å². The van der Waals surface area contributed by atoms with E-state index in [0.29, 0.717) is 24.5 Å². The summed E-state index contributed by atoms with van der Waals surface area (Å²) in [5.74, 6) is 0.141. The molecule has 1 fully saturated rings. The highest BCUT2D eigenvalue weighted by Gasteiger charge is 2.25. The normalized spacial score (nSPS) is 13.8. The molecule has 2 aromatic heterocycles. The fourth-order valence-corrected chi connectivity index (χ4v) is 2.66. The van der Waals surface area contributed by atoms with Crippen LogP contribution >= 0.6 is 0 Å². The largest absolute Gasteiger partial charge is 0.349 e. The van der Waals surface area contributed by atoms with Gasteiger partial charge < -0.3 is 5.32 Å². The maximum atomic E-state index is 12.2. The van der Waals surface area contributed by atoms with Crippen molar-refractivity contribution in [1.29, 1.82) is 0 Å². The van der Waals surface area contributed by atoms with Gasteiger partial charge in [0.25, 0.3) is 11.5 Å². The maximum absolute atomic E-state index is 12.2. The molecular formula is C18H17N5O2. The minimum absolute atomic E-state index is 0.0864. The summed E-state index contributed by atoms with van der Waals surface area (Å²) in [6, 6.07) is 8.97. The van der Waals surface area contributed by atoms with E-state index in [9.17, 15) is 9.59 Å². The maximum Gasteiger partial charge on any atom is 0.271 e. The zero-order chi connectivity index (χ0) is 17.2. The monoisotopic (exact) mass is 335 g/mol. The number of rotatable bonds is 5. The molecular weight excluding hydrogens is 318 g/mol. The van der Waals surface area contributed by atoms with E-state index in [-0.39, 0.29) is 17.2 Å². The fraction of sp³-hybridized carbons (Fsp3) is 0.278. The first-order chi connectivity index (χ1) is 12.2.